The fourth-order valence-corrected chi connectivity index (χ4v) is 3.05. The van der Waals surface area contributed by atoms with Crippen molar-refractivity contribution in [3.05, 3.63) is 94.5 Å². The van der Waals surface area contributed by atoms with Crippen molar-refractivity contribution < 1.29 is 9.53 Å². The number of anilines is 1. The van der Waals surface area contributed by atoms with Crippen molar-refractivity contribution in [2.75, 3.05) is 19.4 Å². The minimum Gasteiger partial charge on any atom is -0.488 e. The number of nitrogens with one attached hydrogen (secondary N) is 1. The number of carbonyl (C=O) groups excluding carboxylic acids is 1. The van der Waals surface area contributed by atoms with Gasteiger partial charge >= 0.3 is 0 Å². The number of hydrogen-bond donors (Lipinski definition) is 1. The molecular weight excluding hydrogens is 372 g/mol. The highest BCUT2D eigenvalue weighted by Gasteiger charge is 2.14. The number of rotatable bonds is 7. The van der Waals surface area contributed by atoms with Gasteiger partial charge in [-0.05, 0) is 43.9 Å². The number of ether oxygens (including phenoxy) is 1. The first-order valence-corrected chi connectivity index (χ1v) is 9.41. The number of carbonyl (C=O) groups is 1. The second-order valence-electron chi connectivity index (χ2n) is 6.73. The Hall–Kier alpha value is -2.82. The van der Waals surface area contributed by atoms with E-state index in [1.54, 1.807) is 12.1 Å². The van der Waals surface area contributed by atoms with Crippen LogP contribution in [0.3, 0.4) is 0 Å². The standard InChI is InChI=1S/C23H23ClN2O2/c1-26(2)15-17-9-4-7-13-21(17)25-23(27)19-11-5-8-14-22(19)28-16-18-10-3-6-12-20(18)24/h3-14H,15-16H2,1-2H3,(H,25,27). The monoisotopic (exact) mass is 394 g/mol. The Bertz CT molecular complexity index is 957. The third-order valence-electron chi connectivity index (χ3n) is 4.22. The fraction of sp³-hybridized carbons (Fsp3) is 0.174. The van der Waals surface area contributed by atoms with Gasteiger partial charge in [0.15, 0.2) is 0 Å². The van der Waals surface area contributed by atoms with Crippen molar-refractivity contribution in [1.29, 1.82) is 0 Å². The Kier molecular flexibility index (Phi) is 6.69. The van der Waals surface area contributed by atoms with Crippen LogP contribution in [0.2, 0.25) is 5.02 Å². The maximum atomic E-state index is 12.9. The van der Waals surface area contributed by atoms with E-state index >= 15 is 0 Å². The molecule has 0 saturated carbocycles. The van der Waals surface area contributed by atoms with E-state index in [-0.39, 0.29) is 5.91 Å². The van der Waals surface area contributed by atoms with Crippen LogP contribution in [0.15, 0.2) is 72.8 Å². The van der Waals surface area contributed by atoms with E-state index in [1.807, 2.05) is 74.8 Å². The van der Waals surface area contributed by atoms with Crippen molar-refractivity contribution >= 4 is 23.2 Å². The zero-order valence-electron chi connectivity index (χ0n) is 16.0. The van der Waals surface area contributed by atoms with Gasteiger partial charge in [-0.3, -0.25) is 4.79 Å². The third-order valence-corrected chi connectivity index (χ3v) is 4.59. The molecular formula is C23H23ClN2O2. The third kappa shape index (κ3) is 5.12. The molecule has 4 nitrogen and oxygen atoms in total. The summed E-state index contributed by atoms with van der Waals surface area (Å²) in [6.07, 6.45) is 0. The van der Waals surface area contributed by atoms with Gasteiger partial charge in [0.2, 0.25) is 0 Å². The van der Waals surface area contributed by atoms with Crippen LogP contribution >= 0.6 is 11.6 Å². The van der Waals surface area contributed by atoms with Gasteiger partial charge in [-0.15, -0.1) is 0 Å². The number of nitrogens with zero attached hydrogens (tertiary/aromatic N) is 1. The van der Waals surface area contributed by atoms with Gasteiger partial charge in [0.25, 0.3) is 5.91 Å². The molecule has 0 heterocycles. The van der Waals surface area contributed by atoms with Crippen molar-refractivity contribution in [2.24, 2.45) is 0 Å². The predicted molar refractivity (Wildman–Crippen MR) is 114 cm³/mol. The summed E-state index contributed by atoms with van der Waals surface area (Å²) in [4.78, 5) is 15.0. The smallest absolute Gasteiger partial charge is 0.259 e. The molecule has 0 aliphatic heterocycles. The maximum Gasteiger partial charge on any atom is 0.259 e. The van der Waals surface area contributed by atoms with Gasteiger partial charge < -0.3 is 15.0 Å². The summed E-state index contributed by atoms with van der Waals surface area (Å²) in [5.74, 6) is 0.311. The van der Waals surface area contributed by atoms with E-state index in [0.29, 0.717) is 22.9 Å². The van der Waals surface area contributed by atoms with E-state index in [4.69, 9.17) is 16.3 Å². The van der Waals surface area contributed by atoms with Gasteiger partial charge in [0.05, 0.1) is 5.56 Å². The van der Waals surface area contributed by atoms with Crippen molar-refractivity contribution in [3.63, 3.8) is 0 Å². The molecule has 3 rings (SSSR count). The van der Waals surface area contributed by atoms with Crippen molar-refractivity contribution in [3.8, 4) is 5.75 Å². The van der Waals surface area contributed by atoms with Crippen molar-refractivity contribution in [2.45, 2.75) is 13.2 Å². The fourth-order valence-electron chi connectivity index (χ4n) is 2.86. The summed E-state index contributed by atoms with van der Waals surface area (Å²) in [5.41, 5.74) is 3.20. The molecule has 0 unspecified atom stereocenters. The Morgan fingerprint density at radius 2 is 1.57 bits per heavy atom. The lowest BCUT2D eigenvalue weighted by Crippen LogP contribution is -2.17. The minimum absolute atomic E-state index is 0.207. The number of benzene rings is 3. The first kappa shape index (κ1) is 19.9. The summed E-state index contributed by atoms with van der Waals surface area (Å²) in [6, 6.07) is 22.5. The Morgan fingerprint density at radius 1 is 0.929 bits per heavy atom. The van der Waals surface area contributed by atoms with Crippen molar-refractivity contribution in [1.82, 2.24) is 4.90 Å². The largest absolute Gasteiger partial charge is 0.488 e. The molecule has 3 aromatic carbocycles. The minimum atomic E-state index is -0.207. The van der Waals surface area contributed by atoms with E-state index in [9.17, 15) is 4.79 Å². The topological polar surface area (TPSA) is 41.6 Å². The van der Waals surface area contributed by atoms with Crippen LogP contribution in [0.5, 0.6) is 5.75 Å². The van der Waals surface area contributed by atoms with Crippen LogP contribution in [0.1, 0.15) is 21.5 Å². The van der Waals surface area contributed by atoms with Gasteiger partial charge in [0, 0.05) is 22.8 Å². The summed E-state index contributed by atoms with van der Waals surface area (Å²) >= 11 is 6.20. The number of halogens is 1. The summed E-state index contributed by atoms with van der Waals surface area (Å²) in [7, 11) is 3.99. The van der Waals surface area contributed by atoms with E-state index in [1.165, 1.54) is 0 Å². The van der Waals surface area contributed by atoms with Crippen LogP contribution in [0.25, 0.3) is 0 Å². The van der Waals surface area contributed by atoms with E-state index in [2.05, 4.69) is 10.2 Å². The lowest BCUT2D eigenvalue weighted by Gasteiger charge is -2.16. The molecule has 5 heteroatoms. The average Bonchev–Trinajstić information content (AvgIpc) is 2.69. The lowest BCUT2D eigenvalue weighted by molar-refractivity contribution is 0.102. The molecule has 0 atom stereocenters. The Balaban J connectivity index is 1.77. The Labute approximate surface area is 170 Å². The first-order valence-electron chi connectivity index (χ1n) is 9.04. The summed E-state index contributed by atoms with van der Waals surface area (Å²) in [6.45, 7) is 1.03. The molecule has 0 radical (unpaired) electrons. The zero-order valence-corrected chi connectivity index (χ0v) is 16.7. The number of amides is 1. The molecule has 0 fully saturated rings. The molecule has 0 bridgehead atoms. The molecule has 0 aromatic heterocycles. The predicted octanol–water partition coefficient (Wildman–Crippen LogP) is 5.23. The molecule has 0 saturated heterocycles. The van der Waals surface area contributed by atoms with Crippen LogP contribution in [0.4, 0.5) is 5.69 Å². The van der Waals surface area contributed by atoms with Gasteiger partial charge in [0.1, 0.15) is 12.4 Å². The molecule has 1 amide bonds. The van der Waals surface area contributed by atoms with Crippen LogP contribution in [-0.2, 0) is 13.2 Å². The molecule has 0 spiro atoms. The average molecular weight is 395 g/mol. The first-order chi connectivity index (χ1) is 13.5. The number of para-hydroxylation sites is 2. The van der Waals surface area contributed by atoms with Gasteiger partial charge in [-0.1, -0.05) is 60.1 Å². The SMILES string of the molecule is CN(C)Cc1ccccc1NC(=O)c1ccccc1OCc1ccccc1Cl. The van der Waals surface area contributed by atoms with E-state index < -0.39 is 0 Å². The van der Waals surface area contributed by atoms with Crippen LogP contribution in [-0.4, -0.2) is 24.9 Å². The molecule has 28 heavy (non-hydrogen) atoms. The molecule has 1 N–H and O–H groups in total. The second kappa shape index (κ2) is 9.40. The molecule has 0 aliphatic rings. The maximum absolute atomic E-state index is 12.9. The van der Waals surface area contributed by atoms with Crippen LogP contribution in [0, 0.1) is 0 Å². The van der Waals surface area contributed by atoms with Crippen LogP contribution < -0.4 is 10.1 Å². The number of hydrogen-bond acceptors (Lipinski definition) is 3. The highest BCUT2D eigenvalue weighted by Crippen LogP contribution is 2.24. The zero-order chi connectivity index (χ0) is 19.9. The lowest BCUT2D eigenvalue weighted by atomic mass is 10.1. The van der Waals surface area contributed by atoms with Gasteiger partial charge in [-0.25, -0.2) is 0 Å². The highest BCUT2D eigenvalue weighted by atomic mass is 35.5. The summed E-state index contributed by atoms with van der Waals surface area (Å²) in [5, 5.41) is 3.65. The molecule has 3 aromatic rings. The summed E-state index contributed by atoms with van der Waals surface area (Å²) < 4.78 is 5.90. The molecule has 144 valence electrons. The normalized spacial score (nSPS) is 10.7. The quantitative estimate of drug-likeness (QED) is 0.596. The Morgan fingerprint density at radius 3 is 2.32 bits per heavy atom. The second-order valence-corrected chi connectivity index (χ2v) is 7.13. The molecule has 0 aliphatic carbocycles. The van der Waals surface area contributed by atoms with E-state index in [0.717, 1.165) is 23.4 Å². The highest BCUT2D eigenvalue weighted by molar-refractivity contribution is 6.31. The van der Waals surface area contributed by atoms with Gasteiger partial charge in [-0.2, -0.15) is 0 Å².